The summed E-state index contributed by atoms with van der Waals surface area (Å²) < 4.78 is 27.1. The molecule has 1 aromatic rings. The van der Waals surface area contributed by atoms with Crippen LogP contribution in [0.5, 0.6) is 0 Å². The first-order valence-electron chi connectivity index (χ1n) is 6.50. The maximum atomic E-state index is 13.8. The molecule has 1 aliphatic carbocycles. The van der Waals surface area contributed by atoms with Crippen LogP contribution in [-0.2, 0) is 0 Å². The SMILES string of the molecule is O=C(NCC1CCCC1O)c1cc(F)cc([N+](=O)[O-])c1F. The topological polar surface area (TPSA) is 92.5 Å². The van der Waals surface area contributed by atoms with Gasteiger partial charge in [-0.25, -0.2) is 4.39 Å². The van der Waals surface area contributed by atoms with Crippen LogP contribution in [0, 0.1) is 27.7 Å². The molecule has 1 amide bonds. The maximum Gasteiger partial charge on any atom is 0.308 e. The number of nitro groups is 1. The van der Waals surface area contributed by atoms with Crippen molar-refractivity contribution in [3.63, 3.8) is 0 Å². The van der Waals surface area contributed by atoms with Gasteiger partial charge in [-0.15, -0.1) is 0 Å². The van der Waals surface area contributed by atoms with Gasteiger partial charge in [-0.3, -0.25) is 14.9 Å². The monoisotopic (exact) mass is 300 g/mol. The van der Waals surface area contributed by atoms with Gasteiger partial charge in [0.1, 0.15) is 5.82 Å². The molecule has 8 heteroatoms. The summed E-state index contributed by atoms with van der Waals surface area (Å²) >= 11 is 0. The van der Waals surface area contributed by atoms with E-state index in [1.165, 1.54) is 0 Å². The number of benzene rings is 1. The van der Waals surface area contributed by atoms with E-state index in [1.807, 2.05) is 0 Å². The Kier molecular flexibility index (Phi) is 4.46. The van der Waals surface area contributed by atoms with E-state index in [2.05, 4.69) is 5.32 Å². The van der Waals surface area contributed by atoms with Crippen LogP contribution in [0.15, 0.2) is 12.1 Å². The van der Waals surface area contributed by atoms with Crippen molar-refractivity contribution in [3.8, 4) is 0 Å². The highest BCUT2D eigenvalue weighted by molar-refractivity contribution is 5.95. The first kappa shape index (κ1) is 15.3. The van der Waals surface area contributed by atoms with Gasteiger partial charge in [0.2, 0.25) is 5.82 Å². The normalized spacial score (nSPS) is 21.3. The van der Waals surface area contributed by atoms with E-state index in [9.17, 15) is 28.8 Å². The number of nitrogens with one attached hydrogen (secondary N) is 1. The zero-order chi connectivity index (χ0) is 15.6. The molecule has 2 rings (SSSR count). The number of aliphatic hydroxyl groups is 1. The van der Waals surface area contributed by atoms with Gasteiger partial charge >= 0.3 is 5.69 Å². The van der Waals surface area contributed by atoms with E-state index < -0.39 is 39.8 Å². The molecule has 0 saturated heterocycles. The molecule has 1 aliphatic rings. The molecule has 114 valence electrons. The summed E-state index contributed by atoms with van der Waals surface area (Å²) in [5.41, 5.74) is -1.80. The minimum absolute atomic E-state index is 0.115. The number of carbonyl (C=O) groups excluding carboxylic acids is 1. The van der Waals surface area contributed by atoms with Gasteiger partial charge in [0.15, 0.2) is 0 Å². The first-order chi connectivity index (χ1) is 9.90. The van der Waals surface area contributed by atoms with Crippen LogP contribution in [0.3, 0.4) is 0 Å². The van der Waals surface area contributed by atoms with E-state index in [-0.39, 0.29) is 12.5 Å². The van der Waals surface area contributed by atoms with Crippen molar-refractivity contribution in [1.29, 1.82) is 0 Å². The Balaban J connectivity index is 2.13. The summed E-state index contributed by atoms with van der Waals surface area (Å²) in [4.78, 5) is 21.3. The van der Waals surface area contributed by atoms with Crippen LogP contribution in [-0.4, -0.2) is 28.6 Å². The Morgan fingerprint density at radius 2 is 2.14 bits per heavy atom. The molecular formula is C13H14F2N2O4. The van der Waals surface area contributed by atoms with E-state index >= 15 is 0 Å². The largest absolute Gasteiger partial charge is 0.393 e. The van der Waals surface area contributed by atoms with Gasteiger partial charge in [-0.2, -0.15) is 4.39 Å². The number of nitrogens with zero attached hydrogens (tertiary/aromatic N) is 1. The molecule has 1 aromatic carbocycles. The number of halogens is 2. The minimum atomic E-state index is -1.37. The molecule has 0 aromatic heterocycles. The average molecular weight is 300 g/mol. The summed E-state index contributed by atoms with van der Waals surface area (Å²) in [6.45, 7) is 0.115. The Hall–Kier alpha value is -2.09. The molecule has 2 N–H and O–H groups in total. The highest BCUT2D eigenvalue weighted by atomic mass is 19.1. The lowest BCUT2D eigenvalue weighted by Gasteiger charge is -2.15. The van der Waals surface area contributed by atoms with Crippen LogP contribution < -0.4 is 5.32 Å². The number of hydrogen-bond donors (Lipinski definition) is 2. The molecule has 0 aliphatic heterocycles. The van der Waals surface area contributed by atoms with E-state index in [0.717, 1.165) is 12.8 Å². The minimum Gasteiger partial charge on any atom is -0.393 e. The number of nitro benzene ring substituents is 1. The molecule has 0 heterocycles. The van der Waals surface area contributed by atoms with Crippen LogP contribution in [0.4, 0.5) is 14.5 Å². The Morgan fingerprint density at radius 1 is 1.43 bits per heavy atom. The lowest BCUT2D eigenvalue weighted by Crippen LogP contribution is -2.33. The third-order valence-corrected chi connectivity index (χ3v) is 3.60. The second kappa shape index (κ2) is 6.13. The van der Waals surface area contributed by atoms with Crippen molar-refractivity contribution < 1.29 is 23.6 Å². The summed E-state index contributed by atoms with van der Waals surface area (Å²) in [5.74, 6) is -3.50. The van der Waals surface area contributed by atoms with Gasteiger partial charge in [0, 0.05) is 12.5 Å². The van der Waals surface area contributed by atoms with Crippen molar-refractivity contribution in [3.05, 3.63) is 39.4 Å². The van der Waals surface area contributed by atoms with Gasteiger partial charge in [-0.1, -0.05) is 6.42 Å². The Morgan fingerprint density at radius 3 is 2.71 bits per heavy atom. The maximum absolute atomic E-state index is 13.8. The first-order valence-corrected chi connectivity index (χ1v) is 6.50. The number of amides is 1. The second-order valence-electron chi connectivity index (χ2n) is 5.01. The van der Waals surface area contributed by atoms with Crippen molar-refractivity contribution in [2.75, 3.05) is 6.54 Å². The second-order valence-corrected chi connectivity index (χ2v) is 5.01. The van der Waals surface area contributed by atoms with E-state index in [4.69, 9.17) is 0 Å². The molecule has 0 bridgehead atoms. The number of carbonyl (C=O) groups is 1. The summed E-state index contributed by atoms with van der Waals surface area (Å²) in [6.07, 6.45) is 1.67. The van der Waals surface area contributed by atoms with Gasteiger partial charge in [0.25, 0.3) is 5.91 Å². The number of hydrogen-bond acceptors (Lipinski definition) is 4. The van der Waals surface area contributed by atoms with E-state index in [0.29, 0.717) is 18.6 Å². The third-order valence-electron chi connectivity index (χ3n) is 3.60. The molecule has 0 spiro atoms. The zero-order valence-electron chi connectivity index (χ0n) is 11.0. The quantitative estimate of drug-likeness (QED) is 0.654. The molecule has 21 heavy (non-hydrogen) atoms. The molecule has 6 nitrogen and oxygen atoms in total. The summed E-state index contributed by atoms with van der Waals surface area (Å²) in [5, 5.41) is 22.6. The molecule has 2 unspecified atom stereocenters. The lowest BCUT2D eigenvalue weighted by atomic mass is 10.1. The smallest absolute Gasteiger partial charge is 0.308 e. The average Bonchev–Trinajstić information content (AvgIpc) is 2.83. The molecule has 1 saturated carbocycles. The van der Waals surface area contributed by atoms with Gasteiger partial charge in [0.05, 0.1) is 22.7 Å². The van der Waals surface area contributed by atoms with E-state index in [1.54, 1.807) is 0 Å². The fraction of sp³-hybridized carbons (Fsp3) is 0.462. The number of rotatable bonds is 4. The molecule has 1 fully saturated rings. The Bertz CT molecular complexity index is 580. The van der Waals surface area contributed by atoms with Crippen molar-refractivity contribution >= 4 is 11.6 Å². The van der Waals surface area contributed by atoms with Crippen LogP contribution >= 0.6 is 0 Å². The third kappa shape index (κ3) is 3.33. The fourth-order valence-electron chi connectivity index (χ4n) is 2.45. The van der Waals surface area contributed by atoms with Gasteiger partial charge < -0.3 is 10.4 Å². The lowest BCUT2D eigenvalue weighted by molar-refractivity contribution is -0.387. The number of aliphatic hydroxyl groups excluding tert-OH is 1. The molecule has 2 atom stereocenters. The molecule has 0 radical (unpaired) electrons. The standard InChI is InChI=1S/C13H14F2N2O4/c14-8-4-9(12(15)10(5-8)17(20)21)13(19)16-6-7-2-1-3-11(7)18/h4-5,7,11,18H,1-3,6H2,(H,16,19). The predicted molar refractivity (Wildman–Crippen MR) is 68.7 cm³/mol. The van der Waals surface area contributed by atoms with Gasteiger partial charge in [-0.05, 0) is 18.9 Å². The zero-order valence-corrected chi connectivity index (χ0v) is 11.0. The van der Waals surface area contributed by atoms with Crippen molar-refractivity contribution in [2.45, 2.75) is 25.4 Å². The fourth-order valence-corrected chi connectivity index (χ4v) is 2.45. The Labute approximate surface area is 118 Å². The summed E-state index contributed by atoms with van der Waals surface area (Å²) in [7, 11) is 0. The molecular weight excluding hydrogens is 286 g/mol. The highest BCUT2D eigenvalue weighted by Crippen LogP contribution is 2.25. The van der Waals surface area contributed by atoms with Crippen LogP contribution in [0.1, 0.15) is 29.6 Å². The highest BCUT2D eigenvalue weighted by Gasteiger charge is 2.27. The van der Waals surface area contributed by atoms with Crippen molar-refractivity contribution in [1.82, 2.24) is 5.32 Å². The summed E-state index contributed by atoms with van der Waals surface area (Å²) in [6, 6.07) is 1.04. The van der Waals surface area contributed by atoms with Crippen molar-refractivity contribution in [2.24, 2.45) is 5.92 Å². The van der Waals surface area contributed by atoms with Crippen LogP contribution in [0.2, 0.25) is 0 Å². The predicted octanol–water partition coefficient (Wildman–Crippen LogP) is 1.76. The van der Waals surface area contributed by atoms with Crippen LogP contribution in [0.25, 0.3) is 0 Å².